The van der Waals surface area contributed by atoms with Crippen LogP contribution >= 0.6 is 0 Å². The number of hydrogen-bond donors (Lipinski definition) is 1. The highest BCUT2D eigenvalue weighted by atomic mass is 19.3. The Balaban J connectivity index is 1.97. The van der Waals surface area contributed by atoms with E-state index in [1.807, 2.05) is 0 Å². The van der Waals surface area contributed by atoms with Crippen LogP contribution in [0.5, 0.6) is 5.88 Å². The number of nitrogens with zero attached hydrogens (tertiary/aromatic N) is 2. The minimum Gasteiger partial charge on any atom is -0.476 e. The van der Waals surface area contributed by atoms with Crippen molar-refractivity contribution in [1.82, 2.24) is 9.97 Å². The van der Waals surface area contributed by atoms with Crippen molar-refractivity contribution in [2.75, 3.05) is 0 Å². The van der Waals surface area contributed by atoms with Crippen LogP contribution in [-0.4, -0.2) is 26.6 Å². The number of carboxylic acids is 1. The molecule has 1 heterocycles. The third kappa shape index (κ3) is 1.93. The monoisotopic (exact) mass is 270 g/mol. The first-order chi connectivity index (χ1) is 8.79. The van der Waals surface area contributed by atoms with Crippen LogP contribution in [0.2, 0.25) is 0 Å². The standard InChI is InChI=1S/C12H12F2N2O3/c1-11(13,14)8-9(16-7(5-15-8)10(17)18)19-12-2-6(3-12)4-12/h5-6H,2-4H2,1H3,(H,17,18). The molecule has 0 aliphatic heterocycles. The number of rotatable bonds is 4. The SMILES string of the molecule is CC(F)(F)c1ncc(C(=O)O)nc1OC12CC(C1)C2. The molecule has 102 valence electrons. The summed E-state index contributed by atoms with van der Waals surface area (Å²) in [4.78, 5) is 18.0. The van der Waals surface area contributed by atoms with Crippen LogP contribution in [0.4, 0.5) is 8.78 Å². The van der Waals surface area contributed by atoms with Gasteiger partial charge in [0.2, 0.25) is 5.88 Å². The van der Waals surface area contributed by atoms with Crippen molar-refractivity contribution in [1.29, 1.82) is 0 Å². The molecular weight excluding hydrogens is 258 g/mol. The van der Waals surface area contributed by atoms with Crippen molar-refractivity contribution in [3.8, 4) is 5.88 Å². The Morgan fingerprint density at radius 2 is 2.16 bits per heavy atom. The zero-order chi connectivity index (χ0) is 13.8. The normalized spacial score (nSPS) is 28.3. The fraction of sp³-hybridized carbons (Fsp3) is 0.583. The van der Waals surface area contributed by atoms with E-state index in [0.29, 0.717) is 12.8 Å². The predicted molar refractivity (Wildman–Crippen MR) is 59.3 cm³/mol. The topological polar surface area (TPSA) is 72.3 Å². The Morgan fingerprint density at radius 3 is 2.58 bits per heavy atom. The molecular formula is C12H12F2N2O3. The van der Waals surface area contributed by atoms with Gasteiger partial charge in [0, 0.05) is 6.92 Å². The summed E-state index contributed by atoms with van der Waals surface area (Å²) in [6.07, 6.45) is 3.28. The maximum Gasteiger partial charge on any atom is 0.356 e. The van der Waals surface area contributed by atoms with E-state index in [2.05, 4.69) is 9.97 Å². The Hall–Kier alpha value is -1.79. The maximum absolute atomic E-state index is 13.4. The first kappa shape index (κ1) is 12.3. The summed E-state index contributed by atoms with van der Waals surface area (Å²) in [6.45, 7) is 0.687. The minimum absolute atomic E-state index is 0.356. The van der Waals surface area contributed by atoms with E-state index in [4.69, 9.17) is 9.84 Å². The van der Waals surface area contributed by atoms with Crippen LogP contribution in [0.25, 0.3) is 0 Å². The zero-order valence-electron chi connectivity index (χ0n) is 10.2. The second-order valence-electron chi connectivity index (χ2n) is 5.37. The van der Waals surface area contributed by atoms with Gasteiger partial charge in [0.25, 0.3) is 5.92 Å². The van der Waals surface area contributed by atoms with E-state index in [0.717, 1.165) is 25.5 Å². The van der Waals surface area contributed by atoms with E-state index in [-0.39, 0.29) is 5.88 Å². The Kier molecular flexibility index (Phi) is 2.33. The van der Waals surface area contributed by atoms with Crippen molar-refractivity contribution >= 4 is 5.97 Å². The first-order valence-electron chi connectivity index (χ1n) is 5.97. The lowest BCUT2D eigenvalue weighted by Gasteiger charge is -2.60. The van der Waals surface area contributed by atoms with Crippen molar-refractivity contribution in [2.45, 2.75) is 37.7 Å². The minimum atomic E-state index is -3.22. The highest BCUT2D eigenvalue weighted by Gasteiger charge is 2.59. The van der Waals surface area contributed by atoms with Gasteiger partial charge in [-0.25, -0.2) is 14.8 Å². The number of aromatic nitrogens is 2. The molecule has 4 rings (SSSR count). The van der Waals surface area contributed by atoms with Gasteiger partial charge in [-0.05, 0) is 25.2 Å². The number of alkyl halides is 2. The molecule has 1 N–H and O–H groups in total. The number of carbonyl (C=O) groups is 1. The van der Waals surface area contributed by atoms with Gasteiger partial charge < -0.3 is 9.84 Å². The van der Waals surface area contributed by atoms with Crippen molar-refractivity contribution in [3.05, 3.63) is 17.6 Å². The Bertz CT molecular complexity index is 539. The predicted octanol–water partition coefficient (Wildman–Crippen LogP) is 2.22. The van der Waals surface area contributed by atoms with Gasteiger partial charge in [-0.2, -0.15) is 8.78 Å². The number of carboxylic acid groups (broad SMARTS) is 1. The molecule has 0 aromatic carbocycles. The summed E-state index contributed by atoms with van der Waals surface area (Å²) in [5, 5.41) is 8.84. The summed E-state index contributed by atoms with van der Waals surface area (Å²) in [5.41, 5.74) is -1.42. The van der Waals surface area contributed by atoms with Gasteiger partial charge in [0.05, 0.1) is 6.20 Å². The molecule has 5 nitrogen and oxygen atoms in total. The lowest BCUT2D eigenvalue weighted by molar-refractivity contribution is -0.173. The quantitative estimate of drug-likeness (QED) is 0.908. The molecule has 0 amide bonds. The van der Waals surface area contributed by atoms with Gasteiger partial charge in [-0.15, -0.1) is 0 Å². The molecule has 3 aliphatic rings. The highest BCUT2D eigenvalue weighted by molar-refractivity contribution is 5.85. The first-order valence-corrected chi connectivity index (χ1v) is 5.97. The van der Waals surface area contributed by atoms with E-state index in [1.54, 1.807) is 0 Å². The van der Waals surface area contributed by atoms with Crippen LogP contribution in [0.15, 0.2) is 6.20 Å². The molecule has 0 saturated heterocycles. The van der Waals surface area contributed by atoms with E-state index in [1.165, 1.54) is 0 Å². The van der Waals surface area contributed by atoms with Gasteiger partial charge in [-0.3, -0.25) is 0 Å². The van der Waals surface area contributed by atoms with E-state index in [9.17, 15) is 13.6 Å². The Labute approximate surface area is 107 Å². The molecule has 3 saturated carbocycles. The smallest absolute Gasteiger partial charge is 0.356 e. The largest absolute Gasteiger partial charge is 0.476 e. The molecule has 1 aromatic rings. The summed E-state index contributed by atoms with van der Waals surface area (Å²) in [5.74, 6) is -4.28. The number of halogens is 2. The average Bonchev–Trinajstić information content (AvgIpc) is 2.19. The van der Waals surface area contributed by atoms with Gasteiger partial charge in [0.15, 0.2) is 11.4 Å². The average molecular weight is 270 g/mol. The molecule has 3 aliphatic carbocycles. The van der Waals surface area contributed by atoms with Crippen LogP contribution in [0.3, 0.4) is 0 Å². The lowest BCUT2D eigenvalue weighted by atomic mass is 9.52. The van der Waals surface area contributed by atoms with Crippen molar-refractivity contribution in [3.63, 3.8) is 0 Å². The molecule has 3 fully saturated rings. The lowest BCUT2D eigenvalue weighted by Crippen LogP contribution is -2.62. The second-order valence-corrected chi connectivity index (χ2v) is 5.37. The molecule has 19 heavy (non-hydrogen) atoms. The molecule has 0 unspecified atom stereocenters. The summed E-state index contributed by atoms with van der Waals surface area (Å²) in [7, 11) is 0. The molecule has 2 bridgehead atoms. The van der Waals surface area contributed by atoms with Gasteiger partial charge in [-0.1, -0.05) is 0 Å². The van der Waals surface area contributed by atoms with Crippen LogP contribution in [0, 0.1) is 5.92 Å². The molecule has 7 heteroatoms. The third-order valence-corrected chi connectivity index (χ3v) is 3.67. The van der Waals surface area contributed by atoms with Crippen LogP contribution in [0.1, 0.15) is 42.4 Å². The number of aromatic carboxylic acids is 1. The fourth-order valence-electron chi connectivity index (χ4n) is 2.58. The van der Waals surface area contributed by atoms with Crippen molar-refractivity contribution < 1.29 is 23.4 Å². The Morgan fingerprint density at radius 1 is 1.53 bits per heavy atom. The number of hydrogen-bond acceptors (Lipinski definition) is 4. The second kappa shape index (κ2) is 3.61. The molecule has 1 aromatic heterocycles. The van der Waals surface area contributed by atoms with Gasteiger partial charge in [0.1, 0.15) is 5.60 Å². The van der Waals surface area contributed by atoms with Crippen molar-refractivity contribution in [2.24, 2.45) is 5.92 Å². The van der Waals surface area contributed by atoms with Gasteiger partial charge >= 0.3 is 5.97 Å². The van der Waals surface area contributed by atoms with E-state index >= 15 is 0 Å². The zero-order valence-corrected chi connectivity index (χ0v) is 10.2. The maximum atomic E-state index is 13.4. The summed E-state index contributed by atoms with van der Waals surface area (Å²) in [6, 6.07) is 0. The van der Waals surface area contributed by atoms with Crippen LogP contribution < -0.4 is 4.74 Å². The third-order valence-electron chi connectivity index (χ3n) is 3.67. The highest BCUT2D eigenvalue weighted by Crippen LogP contribution is 2.59. The number of ether oxygens (including phenoxy) is 1. The summed E-state index contributed by atoms with van der Waals surface area (Å²) < 4.78 is 32.4. The fourth-order valence-corrected chi connectivity index (χ4v) is 2.58. The summed E-state index contributed by atoms with van der Waals surface area (Å²) >= 11 is 0. The van der Waals surface area contributed by atoms with E-state index < -0.39 is 28.9 Å². The molecule has 0 spiro atoms. The van der Waals surface area contributed by atoms with Crippen LogP contribution in [-0.2, 0) is 5.92 Å². The molecule has 0 atom stereocenters. The molecule has 0 radical (unpaired) electrons.